The number of rotatable bonds is 4. The Balaban J connectivity index is 2.15. The van der Waals surface area contributed by atoms with Gasteiger partial charge in [-0.2, -0.15) is 0 Å². The van der Waals surface area contributed by atoms with E-state index >= 15 is 0 Å². The van der Waals surface area contributed by atoms with Crippen molar-refractivity contribution < 1.29 is 4.74 Å². The SMILES string of the molecule is CCCOCc1nc2c(c(=O)[nH]1)CCNC2. The van der Waals surface area contributed by atoms with E-state index in [0.29, 0.717) is 25.6 Å². The summed E-state index contributed by atoms with van der Waals surface area (Å²) >= 11 is 0. The van der Waals surface area contributed by atoms with Crippen molar-refractivity contribution in [3.05, 3.63) is 27.4 Å². The molecule has 0 radical (unpaired) electrons. The third-order valence-corrected chi connectivity index (χ3v) is 2.58. The third kappa shape index (κ3) is 2.48. The Bertz CT molecular complexity index is 414. The molecule has 2 N–H and O–H groups in total. The van der Waals surface area contributed by atoms with E-state index in [9.17, 15) is 4.79 Å². The summed E-state index contributed by atoms with van der Waals surface area (Å²) in [7, 11) is 0. The summed E-state index contributed by atoms with van der Waals surface area (Å²) in [6.45, 7) is 4.66. The second-order valence-electron chi connectivity index (χ2n) is 3.92. The van der Waals surface area contributed by atoms with Gasteiger partial charge in [-0.25, -0.2) is 4.98 Å². The highest BCUT2D eigenvalue weighted by molar-refractivity contribution is 5.20. The average molecular weight is 223 g/mol. The summed E-state index contributed by atoms with van der Waals surface area (Å²) < 4.78 is 5.36. The van der Waals surface area contributed by atoms with E-state index in [2.05, 4.69) is 15.3 Å². The Morgan fingerprint density at radius 2 is 2.38 bits per heavy atom. The van der Waals surface area contributed by atoms with Crippen molar-refractivity contribution in [3.8, 4) is 0 Å². The Morgan fingerprint density at radius 1 is 1.50 bits per heavy atom. The maximum absolute atomic E-state index is 11.7. The molecule has 0 saturated heterocycles. The van der Waals surface area contributed by atoms with Crippen LogP contribution in [0.2, 0.25) is 0 Å². The molecule has 2 heterocycles. The quantitative estimate of drug-likeness (QED) is 0.722. The normalized spacial score (nSPS) is 14.8. The van der Waals surface area contributed by atoms with E-state index in [0.717, 1.165) is 30.6 Å². The van der Waals surface area contributed by atoms with E-state index < -0.39 is 0 Å². The van der Waals surface area contributed by atoms with Gasteiger partial charge in [0.2, 0.25) is 0 Å². The van der Waals surface area contributed by atoms with Crippen LogP contribution >= 0.6 is 0 Å². The summed E-state index contributed by atoms with van der Waals surface area (Å²) in [5.74, 6) is 0.626. The topological polar surface area (TPSA) is 67.0 Å². The molecule has 5 nitrogen and oxygen atoms in total. The van der Waals surface area contributed by atoms with Crippen LogP contribution in [0, 0.1) is 0 Å². The minimum atomic E-state index is -0.0124. The Morgan fingerprint density at radius 3 is 3.19 bits per heavy atom. The fourth-order valence-electron chi connectivity index (χ4n) is 1.80. The zero-order chi connectivity index (χ0) is 11.4. The van der Waals surface area contributed by atoms with Crippen molar-refractivity contribution in [1.82, 2.24) is 15.3 Å². The lowest BCUT2D eigenvalue weighted by Gasteiger charge is -2.15. The van der Waals surface area contributed by atoms with Crippen molar-refractivity contribution in [2.45, 2.75) is 32.9 Å². The van der Waals surface area contributed by atoms with Crippen LogP contribution < -0.4 is 10.9 Å². The molecule has 0 spiro atoms. The van der Waals surface area contributed by atoms with Crippen LogP contribution in [-0.2, 0) is 24.3 Å². The van der Waals surface area contributed by atoms with E-state index in [1.807, 2.05) is 6.92 Å². The molecule has 0 aliphatic carbocycles. The first kappa shape index (κ1) is 11.3. The Kier molecular flexibility index (Phi) is 3.69. The van der Waals surface area contributed by atoms with Gasteiger partial charge < -0.3 is 15.0 Å². The first-order valence-corrected chi connectivity index (χ1v) is 5.70. The molecule has 1 aromatic heterocycles. The average Bonchev–Trinajstić information content (AvgIpc) is 2.30. The molecule has 0 fully saturated rings. The van der Waals surface area contributed by atoms with Gasteiger partial charge in [-0.1, -0.05) is 6.92 Å². The highest BCUT2D eigenvalue weighted by Gasteiger charge is 2.14. The molecule has 2 rings (SSSR count). The van der Waals surface area contributed by atoms with Crippen LogP contribution in [-0.4, -0.2) is 23.1 Å². The maximum atomic E-state index is 11.7. The molecular weight excluding hydrogens is 206 g/mol. The second-order valence-corrected chi connectivity index (χ2v) is 3.92. The molecule has 5 heteroatoms. The van der Waals surface area contributed by atoms with Crippen molar-refractivity contribution in [1.29, 1.82) is 0 Å². The van der Waals surface area contributed by atoms with Crippen molar-refractivity contribution in [2.24, 2.45) is 0 Å². The van der Waals surface area contributed by atoms with Gasteiger partial charge in [0.05, 0.1) is 5.69 Å². The first-order chi connectivity index (χ1) is 7.81. The molecule has 0 atom stereocenters. The number of H-pyrrole nitrogens is 1. The van der Waals surface area contributed by atoms with Crippen molar-refractivity contribution >= 4 is 0 Å². The van der Waals surface area contributed by atoms with Crippen LogP contribution in [0.5, 0.6) is 0 Å². The summed E-state index contributed by atoms with van der Waals surface area (Å²) in [5, 5.41) is 3.21. The van der Waals surface area contributed by atoms with Gasteiger partial charge in [0.25, 0.3) is 5.56 Å². The van der Waals surface area contributed by atoms with Crippen LogP contribution in [0.25, 0.3) is 0 Å². The van der Waals surface area contributed by atoms with E-state index in [1.165, 1.54) is 0 Å². The monoisotopic (exact) mass is 223 g/mol. The van der Waals surface area contributed by atoms with Crippen LogP contribution in [0.4, 0.5) is 0 Å². The predicted octanol–water partition coefficient (Wildman–Crippen LogP) is 0.342. The highest BCUT2D eigenvalue weighted by atomic mass is 16.5. The minimum Gasteiger partial charge on any atom is -0.374 e. The maximum Gasteiger partial charge on any atom is 0.254 e. The lowest BCUT2D eigenvalue weighted by molar-refractivity contribution is 0.115. The van der Waals surface area contributed by atoms with Gasteiger partial charge in [-0.15, -0.1) is 0 Å². The molecule has 1 aliphatic rings. The summed E-state index contributed by atoms with van der Waals surface area (Å²) in [4.78, 5) is 18.9. The highest BCUT2D eigenvalue weighted by Crippen LogP contribution is 2.06. The molecule has 88 valence electrons. The number of hydrogen-bond acceptors (Lipinski definition) is 4. The molecule has 1 aliphatic heterocycles. The smallest absolute Gasteiger partial charge is 0.254 e. The van der Waals surface area contributed by atoms with Crippen molar-refractivity contribution in [3.63, 3.8) is 0 Å². The number of hydrogen-bond donors (Lipinski definition) is 2. The van der Waals surface area contributed by atoms with Gasteiger partial charge >= 0.3 is 0 Å². The number of aromatic amines is 1. The van der Waals surface area contributed by atoms with Crippen molar-refractivity contribution in [2.75, 3.05) is 13.2 Å². The molecule has 0 unspecified atom stereocenters. The first-order valence-electron chi connectivity index (χ1n) is 5.70. The summed E-state index contributed by atoms with van der Waals surface area (Å²) in [6, 6.07) is 0. The lowest BCUT2D eigenvalue weighted by Crippen LogP contribution is -2.32. The number of aromatic nitrogens is 2. The molecule has 0 saturated carbocycles. The zero-order valence-corrected chi connectivity index (χ0v) is 9.51. The van der Waals surface area contributed by atoms with Gasteiger partial charge in [-0.3, -0.25) is 4.79 Å². The van der Waals surface area contributed by atoms with Gasteiger partial charge in [0.1, 0.15) is 12.4 Å². The number of fused-ring (bicyclic) bond motifs is 1. The minimum absolute atomic E-state index is 0.0124. The summed E-state index contributed by atoms with van der Waals surface area (Å²) in [6.07, 6.45) is 1.73. The second kappa shape index (κ2) is 5.23. The standard InChI is InChI=1S/C11H17N3O2/c1-2-5-16-7-10-13-9-6-12-4-3-8(9)11(15)14-10/h12H,2-7H2,1H3,(H,13,14,15). The largest absolute Gasteiger partial charge is 0.374 e. The fourth-order valence-corrected chi connectivity index (χ4v) is 1.80. The molecular formula is C11H17N3O2. The number of ether oxygens (including phenoxy) is 1. The van der Waals surface area contributed by atoms with Crippen LogP contribution in [0.15, 0.2) is 4.79 Å². The van der Waals surface area contributed by atoms with E-state index in [4.69, 9.17) is 4.74 Å². The number of nitrogens with zero attached hydrogens (tertiary/aromatic N) is 1. The third-order valence-electron chi connectivity index (χ3n) is 2.58. The molecule has 0 amide bonds. The van der Waals surface area contributed by atoms with E-state index in [1.54, 1.807) is 0 Å². The fraction of sp³-hybridized carbons (Fsp3) is 0.636. The summed E-state index contributed by atoms with van der Waals surface area (Å²) in [5.41, 5.74) is 1.67. The zero-order valence-electron chi connectivity index (χ0n) is 9.51. The van der Waals surface area contributed by atoms with E-state index in [-0.39, 0.29) is 5.56 Å². The molecule has 1 aromatic rings. The van der Waals surface area contributed by atoms with Gasteiger partial charge in [-0.05, 0) is 19.4 Å². The number of nitrogens with one attached hydrogen (secondary N) is 2. The molecule has 0 aromatic carbocycles. The van der Waals surface area contributed by atoms with Gasteiger partial charge in [0, 0.05) is 18.7 Å². The van der Waals surface area contributed by atoms with Crippen LogP contribution in [0.1, 0.15) is 30.4 Å². The molecule has 0 bridgehead atoms. The Hall–Kier alpha value is -1.20. The predicted molar refractivity (Wildman–Crippen MR) is 60.2 cm³/mol. The van der Waals surface area contributed by atoms with Crippen LogP contribution in [0.3, 0.4) is 0 Å². The Labute approximate surface area is 94.2 Å². The molecule has 16 heavy (non-hydrogen) atoms. The lowest BCUT2D eigenvalue weighted by atomic mass is 10.1. The van der Waals surface area contributed by atoms with Gasteiger partial charge in [0.15, 0.2) is 0 Å².